The summed E-state index contributed by atoms with van der Waals surface area (Å²) in [7, 11) is 0. The lowest BCUT2D eigenvalue weighted by Crippen LogP contribution is -2.48. The summed E-state index contributed by atoms with van der Waals surface area (Å²) in [5.41, 5.74) is 4.66. The molecule has 2 heterocycles. The van der Waals surface area contributed by atoms with Crippen molar-refractivity contribution >= 4 is 11.6 Å². The van der Waals surface area contributed by atoms with Crippen LogP contribution >= 0.6 is 0 Å². The van der Waals surface area contributed by atoms with E-state index in [1.807, 2.05) is 32.0 Å². The van der Waals surface area contributed by atoms with Crippen LogP contribution in [0.4, 0.5) is 22.0 Å². The molecule has 2 aromatic carbocycles. The minimum absolute atomic E-state index is 0.206. The molecule has 1 fully saturated rings. The topological polar surface area (TPSA) is 6.48 Å². The number of likely N-dealkylation sites (tertiary alicyclic amines) is 1. The largest absolute Gasteiger partial charge is 0.299 e. The van der Waals surface area contributed by atoms with Gasteiger partial charge in [0.05, 0.1) is 19.3 Å². The van der Waals surface area contributed by atoms with Crippen LogP contribution < -0.4 is 0 Å². The second-order valence-corrected chi connectivity index (χ2v) is 10.8. The van der Waals surface area contributed by atoms with Gasteiger partial charge in [-0.2, -0.15) is 0 Å². The van der Waals surface area contributed by atoms with Gasteiger partial charge in [0.2, 0.25) is 0 Å². The average Bonchev–Trinajstić information content (AvgIpc) is 3.29. The lowest BCUT2D eigenvalue weighted by atomic mass is 9.82. The van der Waals surface area contributed by atoms with Gasteiger partial charge in [-0.3, -0.25) is 14.2 Å². The van der Waals surface area contributed by atoms with Crippen molar-refractivity contribution in [1.29, 1.82) is 0 Å². The first kappa shape index (κ1) is 28.5. The zero-order valence-electron chi connectivity index (χ0n) is 22.5. The van der Waals surface area contributed by atoms with Gasteiger partial charge in [-0.25, -0.2) is 17.6 Å². The van der Waals surface area contributed by atoms with Crippen LogP contribution in [0.3, 0.4) is 0 Å². The summed E-state index contributed by atoms with van der Waals surface area (Å²) < 4.78 is 72.6. The fourth-order valence-electron chi connectivity index (χ4n) is 5.75. The fraction of sp³-hybridized carbons (Fsp3) is 0.484. The molecule has 2 atom stereocenters. The highest BCUT2D eigenvalue weighted by Gasteiger charge is 2.40. The van der Waals surface area contributed by atoms with Crippen LogP contribution in [-0.2, 0) is 6.42 Å². The fourth-order valence-corrected chi connectivity index (χ4v) is 5.75. The molecule has 1 saturated heterocycles. The van der Waals surface area contributed by atoms with Crippen LogP contribution in [0.1, 0.15) is 73.9 Å². The number of rotatable bonds is 9. The number of hydrogen-bond acceptors (Lipinski definition) is 2. The third kappa shape index (κ3) is 6.37. The summed E-state index contributed by atoms with van der Waals surface area (Å²) in [6.07, 6.45) is 4.27. The maximum absolute atomic E-state index is 15.8. The Kier molecular flexibility index (Phi) is 8.78. The number of fused-ring (bicyclic) bond motifs is 1. The molecule has 1 unspecified atom stereocenters. The molecule has 2 aliphatic heterocycles. The van der Waals surface area contributed by atoms with E-state index >= 15 is 8.78 Å². The molecule has 2 aromatic rings. The summed E-state index contributed by atoms with van der Waals surface area (Å²) in [6, 6.07) is 6.91. The predicted molar refractivity (Wildman–Crippen MR) is 144 cm³/mol. The van der Waals surface area contributed by atoms with Crippen molar-refractivity contribution in [2.24, 2.45) is 0 Å². The van der Waals surface area contributed by atoms with Gasteiger partial charge < -0.3 is 0 Å². The zero-order chi connectivity index (χ0) is 27.6. The van der Waals surface area contributed by atoms with E-state index in [1.54, 1.807) is 6.08 Å². The van der Waals surface area contributed by atoms with Gasteiger partial charge in [-0.15, -0.1) is 0 Å². The summed E-state index contributed by atoms with van der Waals surface area (Å²) in [6.45, 7) is 9.87. The molecule has 0 saturated carbocycles. The van der Waals surface area contributed by atoms with Crippen molar-refractivity contribution < 1.29 is 22.0 Å². The minimum Gasteiger partial charge on any atom is -0.299 e. The number of hydrogen-bond donors (Lipinski definition) is 0. The number of halogens is 5. The van der Waals surface area contributed by atoms with Crippen LogP contribution in [0.15, 0.2) is 42.5 Å². The predicted octanol–water partition coefficient (Wildman–Crippen LogP) is 7.83. The lowest BCUT2D eigenvalue weighted by Gasteiger charge is -2.43. The molecule has 0 aliphatic carbocycles. The van der Waals surface area contributed by atoms with E-state index < -0.39 is 30.1 Å². The van der Waals surface area contributed by atoms with Gasteiger partial charge in [0.15, 0.2) is 0 Å². The molecule has 2 aliphatic rings. The van der Waals surface area contributed by atoms with Crippen LogP contribution in [0.2, 0.25) is 0 Å². The van der Waals surface area contributed by atoms with Gasteiger partial charge in [0.1, 0.15) is 11.6 Å². The number of allylic oxidation sites excluding steroid dienone is 1. The third-order valence-electron chi connectivity index (χ3n) is 7.68. The van der Waals surface area contributed by atoms with E-state index in [4.69, 9.17) is 0 Å². The Balaban J connectivity index is 1.73. The molecule has 7 heteroatoms. The number of benzene rings is 2. The van der Waals surface area contributed by atoms with Gasteiger partial charge >= 0.3 is 0 Å². The molecule has 0 spiro atoms. The van der Waals surface area contributed by atoms with Crippen LogP contribution in [0.5, 0.6) is 0 Å². The van der Waals surface area contributed by atoms with E-state index in [9.17, 15) is 13.2 Å². The molecule has 38 heavy (non-hydrogen) atoms. The van der Waals surface area contributed by atoms with Gasteiger partial charge in [-0.1, -0.05) is 43.4 Å². The first-order chi connectivity index (χ1) is 18.0. The van der Waals surface area contributed by atoms with Crippen molar-refractivity contribution in [1.82, 2.24) is 9.80 Å². The van der Waals surface area contributed by atoms with Crippen molar-refractivity contribution in [3.8, 4) is 0 Å². The van der Waals surface area contributed by atoms with Gasteiger partial charge in [0, 0.05) is 38.2 Å². The highest BCUT2D eigenvalue weighted by molar-refractivity contribution is 5.65. The quantitative estimate of drug-likeness (QED) is 0.304. The van der Waals surface area contributed by atoms with Crippen LogP contribution in [0, 0.1) is 11.6 Å². The smallest absolute Gasteiger partial charge is 0.257 e. The number of nitrogens with zero attached hydrogens (tertiary/aromatic N) is 2. The maximum Gasteiger partial charge on any atom is 0.257 e. The molecule has 4 rings (SSSR count). The van der Waals surface area contributed by atoms with Crippen LogP contribution in [0.25, 0.3) is 11.6 Å². The SMILES string of the molecule is C=C(CC)c1ccc2c(c1)C[C@@H](C)N(CC(C)(F)F)C2c1c(F)cc(/C=C2/CCN(CCCF)C2)cc1F. The molecular weight excluding hydrogens is 495 g/mol. The van der Waals surface area contributed by atoms with Crippen LogP contribution in [-0.4, -0.2) is 54.6 Å². The van der Waals surface area contributed by atoms with Crippen molar-refractivity contribution in [2.45, 2.75) is 64.5 Å². The summed E-state index contributed by atoms with van der Waals surface area (Å²) >= 11 is 0. The van der Waals surface area contributed by atoms with E-state index in [0.717, 1.165) is 48.6 Å². The van der Waals surface area contributed by atoms with E-state index in [1.165, 1.54) is 17.0 Å². The normalized spacial score (nSPS) is 21.7. The molecular formula is C31H37F5N2. The Hall–Kier alpha value is -2.51. The highest BCUT2D eigenvalue weighted by atomic mass is 19.3. The molecule has 0 aromatic heterocycles. The molecule has 0 bridgehead atoms. The zero-order valence-corrected chi connectivity index (χ0v) is 22.5. The van der Waals surface area contributed by atoms with E-state index in [0.29, 0.717) is 37.1 Å². The lowest BCUT2D eigenvalue weighted by molar-refractivity contribution is -0.0371. The standard InChI is InChI=1S/C31H37F5N2/c1-5-20(2)24-7-8-26-25(17-24)13-21(3)38(19-31(4,35)36)30(26)29-27(33)15-23(16-28(29)34)14-22-9-12-37(18-22)11-6-10-32/h7-8,14-17,21,30H,2,5-6,9-13,18-19H2,1,3-4H3/b22-14-/t21-,30?/m1/s1. The third-order valence-corrected chi connectivity index (χ3v) is 7.68. The molecule has 0 radical (unpaired) electrons. The van der Waals surface area contributed by atoms with Crippen molar-refractivity contribution in [3.63, 3.8) is 0 Å². The Morgan fingerprint density at radius 1 is 1.16 bits per heavy atom. The van der Waals surface area contributed by atoms with E-state index in [2.05, 4.69) is 11.5 Å². The molecule has 2 nitrogen and oxygen atoms in total. The molecule has 206 valence electrons. The average molecular weight is 533 g/mol. The summed E-state index contributed by atoms with van der Waals surface area (Å²) in [5.74, 6) is -4.53. The second kappa shape index (κ2) is 11.7. The molecule has 0 amide bonds. The van der Waals surface area contributed by atoms with E-state index in [-0.39, 0.29) is 18.3 Å². The Labute approximate surface area is 222 Å². The first-order valence-corrected chi connectivity index (χ1v) is 13.4. The van der Waals surface area contributed by atoms with Crippen molar-refractivity contribution in [2.75, 3.05) is 32.9 Å². The van der Waals surface area contributed by atoms with Gasteiger partial charge in [-0.05, 0) is 72.6 Å². The monoisotopic (exact) mass is 532 g/mol. The summed E-state index contributed by atoms with van der Waals surface area (Å²) in [4.78, 5) is 3.65. The second-order valence-electron chi connectivity index (χ2n) is 10.8. The Morgan fingerprint density at radius 3 is 2.50 bits per heavy atom. The Bertz CT molecular complexity index is 1180. The maximum atomic E-state index is 15.8. The van der Waals surface area contributed by atoms with Gasteiger partial charge in [0.25, 0.3) is 5.92 Å². The summed E-state index contributed by atoms with van der Waals surface area (Å²) in [5, 5.41) is 0. The Morgan fingerprint density at radius 2 is 1.87 bits per heavy atom. The minimum atomic E-state index is -3.03. The first-order valence-electron chi connectivity index (χ1n) is 13.4. The molecule has 0 N–H and O–H groups in total. The highest BCUT2D eigenvalue weighted by Crippen LogP contribution is 2.42. The number of alkyl halides is 3. The van der Waals surface area contributed by atoms with Crippen molar-refractivity contribution in [3.05, 3.63) is 81.9 Å².